The Labute approximate surface area is 197 Å². The average Bonchev–Trinajstić information content (AvgIpc) is 2.84. The minimum Gasteiger partial charge on any atom is -0.0979 e. The van der Waals surface area contributed by atoms with Crippen LogP contribution >= 0.6 is 0 Å². The van der Waals surface area contributed by atoms with E-state index in [4.69, 9.17) is 0 Å². The molecule has 0 bridgehead atoms. The van der Waals surface area contributed by atoms with Crippen LogP contribution < -0.4 is 0 Å². The summed E-state index contributed by atoms with van der Waals surface area (Å²) >= 11 is 0. The van der Waals surface area contributed by atoms with Crippen LogP contribution in [-0.4, -0.2) is 0 Å². The van der Waals surface area contributed by atoms with Crippen molar-refractivity contribution in [2.75, 3.05) is 0 Å². The fourth-order valence-electron chi connectivity index (χ4n) is 4.75. The third kappa shape index (κ3) is 8.60. The van der Waals surface area contributed by atoms with Gasteiger partial charge in [-0.25, -0.2) is 0 Å². The van der Waals surface area contributed by atoms with Gasteiger partial charge in [0.05, 0.1) is 0 Å². The number of benzene rings is 2. The Balaban J connectivity index is 1.44. The summed E-state index contributed by atoms with van der Waals surface area (Å²) in [5, 5.41) is 0. The lowest BCUT2D eigenvalue weighted by Gasteiger charge is -2.28. The van der Waals surface area contributed by atoms with E-state index in [0.717, 1.165) is 34.9 Å². The summed E-state index contributed by atoms with van der Waals surface area (Å²) in [6.45, 7) is 4.55. The summed E-state index contributed by atoms with van der Waals surface area (Å²) in [7, 11) is 0. The molecule has 32 heavy (non-hydrogen) atoms. The molecule has 0 spiro atoms. The summed E-state index contributed by atoms with van der Waals surface area (Å²) in [5.41, 5.74) is 4.67. The quantitative estimate of drug-likeness (QED) is 0.294. The van der Waals surface area contributed by atoms with Crippen LogP contribution in [0.4, 0.5) is 0 Å². The third-order valence-electron chi connectivity index (χ3n) is 6.83. The second-order valence-corrected chi connectivity index (χ2v) is 9.50. The van der Waals surface area contributed by atoms with E-state index in [0.29, 0.717) is 0 Å². The van der Waals surface area contributed by atoms with Gasteiger partial charge >= 0.3 is 0 Å². The topological polar surface area (TPSA) is 0 Å². The van der Waals surface area contributed by atoms with E-state index in [1.807, 2.05) is 0 Å². The Bertz CT molecular complexity index is 900. The molecule has 0 amide bonds. The largest absolute Gasteiger partial charge is 0.0979 e. The van der Waals surface area contributed by atoms with Gasteiger partial charge in [0.1, 0.15) is 0 Å². The maximum absolute atomic E-state index is 3.31. The highest BCUT2D eigenvalue weighted by atomic mass is 14.3. The van der Waals surface area contributed by atoms with Gasteiger partial charge in [-0.3, -0.25) is 0 Å². The molecule has 0 heterocycles. The predicted octanol–water partition coefficient (Wildman–Crippen LogP) is 8.56. The van der Waals surface area contributed by atoms with E-state index in [2.05, 4.69) is 86.1 Å². The lowest BCUT2D eigenvalue weighted by Crippen LogP contribution is -2.15. The Morgan fingerprint density at radius 2 is 1.16 bits per heavy atom. The SMILES string of the molecule is CCCCCC#Cc1ccc(C#Cc2ccc(CCC3CCC(CCC)CC3)cc2)cc1. The van der Waals surface area contributed by atoms with Crippen molar-refractivity contribution in [3.05, 3.63) is 70.8 Å². The lowest BCUT2D eigenvalue weighted by molar-refractivity contribution is 0.252. The van der Waals surface area contributed by atoms with Crippen LogP contribution in [-0.2, 0) is 6.42 Å². The fraction of sp³-hybridized carbons (Fsp3) is 0.500. The Morgan fingerprint density at radius 3 is 1.72 bits per heavy atom. The molecule has 0 aliphatic heterocycles. The molecule has 0 aromatic heterocycles. The van der Waals surface area contributed by atoms with Crippen molar-refractivity contribution in [3.8, 4) is 23.7 Å². The molecule has 0 N–H and O–H groups in total. The number of unbranched alkanes of at least 4 members (excludes halogenated alkanes) is 3. The molecule has 2 aromatic rings. The number of hydrogen-bond acceptors (Lipinski definition) is 0. The van der Waals surface area contributed by atoms with E-state index in [1.54, 1.807) is 0 Å². The molecule has 1 aliphatic rings. The zero-order chi connectivity index (χ0) is 22.4. The summed E-state index contributed by atoms with van der Waals surface area (Å²) in [6, 6.07) is 17.2. The van der Waals surface area contributed by atoms with Crippen molar-refractivity contribution in [1.82, 2.24) is 0 Å². The first-order valence-corrected chi connectivity index (χ1v) is 13.0. The highest BCUT2D eigenvalue weighted by Gasteiger charge is 2.20. The van der Waals surface area contributed by atoms with Crippen LogP contribution in [0.1, 0.15) is 107 Å². The summed E-state index contributed by atoms with van der Waals surface area (Å²) in [5.74, 6) is 15.1. The van der Waals surface area contributed by atoms with Gasteiger partial charge in [0, 0.05) is 23.1 Å². The lowest BCUT2D eigenvalue weighted by atomic mass is 9.78. The van der Waals surface area contributed by atoms with Crippen molar-refractivity contribution < 1.29 is 0 Å². The van der Waals surface area contributed by atoms with Crippen molar-refractivity contribution in [2.45, 2.75) is 90.9 Å². The van der Waals surface area contributed by atoms with Crippen LogP contribution in [0.2, 0.25) is 0 Å². The van der Waals surface area contributed by atoms with E-state index >= 15 is 0 Å². The van der Waals surface area contributed by atoms with Crippen molar-refractivity contribution in [2.24, 2.45) is 11.8 Å². The first-order chi connectivity index (χ1) is 15.8. The minimum atomic E-state index is 0.937. The molecule has 1 fully saturated rings. The van der Waals surface area contributed by atoms with Gasteiger partial charge in [-0.1, -0.05) is 101 Å². The normalized spacial score (nSPS) is 17.7. The van der Waals surface area contributed by atoms with E-state index in [1.165, 1.54) is 76.2 Å². The van der Waals surface area contributed by atoms with Crippen molar-refractivity contribution >= 4 is 0 Å². The zero-order valence-corrected chi connectivity index (χ0v) is 20.3. The summed E-state index contributed by atoms with van der Waals surface area (Å²) in [4.78, 5) is 0. The molecule has 1 saturated carbocycles. The van der Waals surface area contributed by atoms with Gasteiger partial charge in [-0.2, -0.15) is 0 Å². The molecule has 1 aliphatic carbocycles. The first-order valence-electron chi connectivity index (χ1n) is 13.0. The fourth-order valence-corrected chi connectivity index (χ4v) is 4.75. The van der Waals surface area contributed by atoms with Crippen LogP contribution in [0.3, 0.4) is 0 Å². The molecular formula is C32H40. The molecule has 2 aromatic carbocycles. The molecule has 168 valence electrons. The monoisotopic (exact) mass is 424 g/mol. The molecule has 0 atom stereocenters. The van der Waals surface area contributed by atoms with Gasteiger partial charge in [-0.05, 0) is 73.1 Å². The van der Waals surface area contributed by atoms with Crippen molar-refractivity contribution in [1.29, 1.82) is 0 Å². The molecule has 0 radical (unpaired) electrons. The van der Waals surface area contributed by atoms with Crippen molar-refractivity contribution in [3.63, 3.8) is 0 Å². The molecule has 0 saturated heterocycles. The number of aryl methyl sites for hydroxylation is 1. The molecule has 0 heteroatoms. The number of hydrogen-bond donors (Lipinski definition) is 0. The van der Waals surface area contributed by atoms with Gasteiger partial charge in [0.15, 0.2) is 0 Å². The highest BCUT2D eigenvalue weighted by molar-refractivity contribution is 5.46. The standard InChI is InChI=1S/C32H40/c1-3-5-6-7-8-10-28-13-17-30(18-14-28)20-22-32-25-23-31(24-26-32)21-19-29-15-11-27(9-4-2)12-16-29/h13-14,17-18,23-27,29H,3-7,9,11-12,15-16,19,21H2,1-2H3. The van der Waals surface area contributed by atoms with E-state index in [9.17, 15) is 0 Å². The summed E-state index contributed by atoms with van der Waals surface area (Å²) < 4.78 is 0. The van der Waals surface area contributed by atoms with Crippen LogP contribution in [0, 0.1) is 35.5 Å². The first kappa shape index (κ1) is 24.2. The van der Waals surface area contributed by atoms with Gasteiger partial charge < -0.3 is 0 Å². The van der Waals surface area contributed by atoms with E-state index < -0.39 is 0 Å². The second kappa shape index (κ2) is 13.9. The second-order valence-electron chi connectivity index (χ2n) is 9.50. The van der Waals surface area contributed by atoms with E-state index in [-0.39, 0.29) is 0 Å². The van der Waals surface area contributed by atoms with Crippen LogP contribution in [0.5, 0.6) is 0 Å². The summed E-state index contributed by atoms with van der Waals surface area (Å²) in [6.07, 6.45) is 15.8. The molecular weight excluding hydrogens is 384 g/mol. The Morgan fingerprint density at radius 1 is 0.625 bits per heavy atom. The molecule has 0 unspecified atom stereocenters. The zero-order valence-electron chi connectivity index (χ0n) is 20.3. The van der Waals surface area contributed by atoms with Gasteiger partial charge in [0.25, 0.3) is 0 Å². The Hall–Kier alpha value is -2.44. The van der Waals surface area contributed by atoms with Crippen LogP contribution in [0.15, 0.2) is 48.5 Å². The number of rotatable bonds is 8. The van der Waals surface area contributed by atoms with Gasteiger partial charge in [-0.15, -0.1) is 0 Å². The predicted molar refractivity (Wildman–Crippen MR) is 139 cm³/mol. The minimum absolute atomic E-state index is 0.937. The maximum Gasteiger partial charge on any atom is 0.0249 e. The maximum atomic E-state index is 3.31. The van der Waals surface area contributed by atoms with Gasteiger partial charge in [0.2, 0.25) is 0 Å². The Kier molecular flexibility index (Phi) is 10.5. The smallest absolute Gasteiger partial charge is 0.0249 e. The molecule has 0 nitrogen and oxygen atoms in total. The third-order valence-corrected chi connectivity index (χ3v) is 6.83. The molecule has 3 rings (SSSR count). The van der Waals surface area contributed by atoms with Crippen LogP contribution in [0.25, 0.3) is 0 Å². The highest BCUT2D eigenvalue weighted by Crippen LogP contribution is 2.33. The average molecular weight is 425 g/mol.